The van der Waals surface area contributed by atoms with Crippen LogP contribution < -0.4 is 0 Å². The van der Waals surface area contributed by atoms with E-state index in [0.29, 0.717) is 51.9 Å². The quantitative estimate of drug-likeness (QED) is 0.683. The summed E-state index contributed by atoms with van der Waals surface area (Å²) in [5.74, 6) is -0.321. The van der Waals surface area contributed by atoms with Gasteiger partial charge in [-0.05, 0) is 25.7 Å². The lowest BCUT2D eigenvalue weighted by Crippen LogP contribution is -2.47. The summed E-state index contributed by atoms with van der Waals surface area (Å²) in [6.45, 7) is 1.97. The van der Waals surface area contributed by atoms with E-state index < -0.39 is 10.0 Å². The van der Waals surface area contributed by atoms with Crippen LogP contribution in [0.25, 0.3) is 0 Å². The van der Waals surface area contributed by atoms with E-state index in [1.54, 1.807) is 4.90 Å². The third-order valence-electron chi connectivity index (χ3n) is 4.61. The number of hydrogen-bond acceptors (Lipinski definition) is 5. The zero-order valence-corrected chi connectivity index (χ0v) is 14.0. The fourth-order valence-corrected chi connectivity index (χ4v) is 4.07. The molecule has 0 N–H and O–H groups in total. The second kappa shape index (κ2) is 6.95. The minimum atomic E-state index is -3.16. The smallest absolute Gasteiger partial charge is 0.308 e. The molecule has 0 aromatic heterocycles. The minimum absolute atomic E-state index is 0.0940. The lowest BCUT2D eigenvalue weighted by Gasteiger charge is -2.36. The van der Waals surface area contributed by atoms with Gasteiger partial charge in [0.25, 0.3) is 0 Å². The Morgan fingerprint density at radius 1 is 0.955 bits per heavy atom. The molecule has 0 aromatic carbocycles. The molecular formula is C14H24N2O5S. The van der Waals surface area contributed by atoms with Crippen LogP contribution in [0.4, 0.5) is 0 Å². The van der Waals surface area contributed by atoms with Gasteiger partial charge in [-0.2, -0.15) is 0 Å². The highest BCUT2D eigenvalue weighted by atomic mass is 32.2. The number of esters is 1. The van der Waals surface area contributed by atoms with Crippen LogP contribution in [0.5, 0.6) is 0 Å². The number of carbonyl (C=O) groups is 2. The van der Waals surface area contributed by atoms with Crippen molar-refractivity contribution in [3.8, 4) is 0 Å². The van der Waals surface area contributed by atoms with Crippen molar-refractivity contribution in [1.29, 1.82) is 0 Å². The summed E-state index contributed by atoms with van der Waals surface area (Å²) in [6, 6.07) is 0. The van der Waals surface area contributed by atoms with Crippen LogP contribution in [0.3, 0.4) is 0 Å². The number of likely N-dealkylation sites (tertiary alicyclic amines) is 1. The Kier molecular flexibility index (Phi) is 5.44. The summed E-state index contributed by atoms with van der Waals surface area (Å²) in [7, 11) is -1.78. The Morgan fingerprint density at radius 3 is 1.91 bits per heavy atom. The Hall–Kier alpha value is -1.15. The van der Waals surface area contributed by atoms with E-state index in [0.717, 1.165) is 0 Å². The van der Waals surface area contributed by atoms with Crippen molar-refractivity contribution in [3.63, 3.8) is 0 Å². The van der Waals surface area contributed by atoms with Crippen molar-refractivity contribution in [2.24, 2.45) is 11.8 Å². The number of sulfonamides is 1. The van der Waals surface area contributed by atoms with Gasteiger partial charge in [0.2, 0.25) is 15.9 Å². The van der Waals surface area contributed by atoms with Crippen molar-refractivity contribution in [3.05, 3.63) is 0 Å². The molecule has 0 radical (unpaired) electrons. The molecule has 0 atom stereocenters. The first-order valence-electron chi connectivity index (χ1n) is 7.64. The average Bonchev–Trinajstić information content (AvgIpc) is 2.53. The molecule has 22 heavy (non-hydrogen) atoms. The molecule has 2 rings (SSSR count). The number of piperidine rings is 2. The van der Waals surface area contributed by atoms with Gasteiger partial charge in [0.15, 0.2) is 0 Å². The number of ether oxygens (including phenoxy) is 1. The van der Waals surface area contributed by atoms with Crippen LogP contribution >= 0.6 is 0 Å². The Labute approximate surface area is 131 Å². The summed E-state index contributed by atoms with van der Waals surface area (Å²) in [6.07, 6.45) is 3.62. The van der Waals surface area contributed by atoms with Crippen LogP contribution in [0.1, 0.15) is 25.7 Å². The fourth-order valence-electron chi connectivity index (χ4n) is 3.19. The molecule has 1 amide bonds. The molecule has 0 spiro atoms. The van der Waals surface area contributed by atoms with Gasteiger partial charge in [-0.25, -0.2) is 12.7 Å². The number of amides is 1. The van der Waals surface area contributed by atoms with E-state index in [-0.39, 0.29) is 23.7 Å². The lowest BCUT2D eigenvalue weighted by atomic mass is 9.92. The van der Waals surface area contributed by atoms with Gasteiger partial charge < -0.3 is 9.64 Å². The second-order valence-corrected chi connectivity index (χ2v) is 8.04. The molecule has 2 heterocycles. The molecule has 2 saturated heterocycles. The number of hydrogen-bond donors (Lipinski definition) is 0. The van der Waals surface area contributed by atoms with Crippen molar-refractivity contribution >= 4 is 21.9 Å². The highest BCUT2D eigenvalue weighted by Gasteiger charge is 2.34. The molecule has 2 fully saturated rings. The third kappa shape index (κ3) is 3.98. The molecule has 0 unspecified atom stereocenters. The van der Waals surface area contributed by atoms with E-state index in [1.807, 2.05) is 0 Å². The van der Waals surface area contributed by atoms with E-state index >= 15 is 0 Å². The Balaban J connectivity index is 1.83. The first kappa shape index (κ1) is 17.2. The van der Waals surface area contributed by atoms with E-state index in [2.05, 4.69) is 0 Å². The maximum atomic E-state index is 12.5. The summed E-state index contributed by atoms with van der Waals surface area (Å²) in [5.41, 5.74) is 0. The monoisotopic (exact) mass is 332 g/mol. The second-order valence-electron chi connectivity index (χ2n) is 6.06. The van der Waals surface area contributed by atoms with Crippen LogP contribution in [0, 0.1) is 11.8 Å². The van der Waals surface area contributed by atoms with Crippen molar-refractivity contribution in [2.75, 3.05) is 39.5 Å². The standard InChI is InChI=1S/C14H24N2O5S/c1-21-14(18)12-3-7-15(8-4-12)13(17)11-5-9-16(10-6-11)22(2,19)20/h11-12H,3-10H2,1-2H3. The summed E-state index contributed by atoms with van der Waals surface area (Å²) in [4.78, 5) is 25.8. The average molecular weight is 332 g/mol. The molecular weight excluding hydrogens is 308 g/mol. The summed E-state index contributed by atoms with van der Waals surface area (Å²) in [5, 5.41) is 0. The maximum absolute atomic E-state index is 12.5. The summed E-state index contributed by atoms with van der Waals surface area (Å²) >= 11 is 0. The van der Waals surface area contributed by atoms with Gasteiger partial charge in [0.05, 0.1) is 19.3 Å². The largest absolute Gasteiger partial charge is 0.469 e. The predicted molar refractivity (Wildman–Crippen MR) is 80.5 cm³/mol. The van der Waals surface area contributed by atoms with Crippen LogP contribution in [-0.4, -0.2) is 69.0 Å². The first-order valence-corrected chi connectivity index (χ1v) is 9.49. The number of methoxy groups -OCH3 is 1. The lowest BCUT2D eigenvalue weighted by molar-refractivity contribution is -0.149. The minimum Gasteiger partial charge on any atom is -0.469 e. The van der Waals surface area contributed by atoms with Gasteiger partial charge in [0, 0.05) is 32.1 Å². The highest BCUT2D eigenvalue weighted by Crippen LogP contribution is 2.25. The van der Waals surface area contributed by atoms with Gasteiger partial charge in [-0.3, -0.25) is 9.59 Å². The Morgan fingerprint density at radius 2 is 1.45 bits per heavy atom. The van der Waals surface area contributed by atoms with Crippen molar-refractivity contribution < 1.29 is 22.7 Å². The molecule has 0 bridgehead atoms. The molecule has 2 aliphatic rings. The van der Waals surface area contributed by atoms with Crippen LogP contribution in [0.2, 0.25) is 0 Å². The molecule has 0 aromatic rings. The van der Waals surface area contributed by atoms with Gasteiger partial charge in [-0.15, -0.1) is 0 Å². The van der Waals surface area contributed by atoms with Gasteiger partial charge in [0.1, 0.15) is 0 Å². The van der Waals surface area contributed by atoms with E-state index in [1.165, 1.54) is 17.7 Å². The highest BCUT2D eigenvalue weighted by molar-refractivity contribution is 7.88. The molecule has 0 aliphatic carbocycles. The molecule has 2 aliphatic heterocycles. The fraction of sp³-hybridized carbons (Fsp3) is 0.857. The first-order chi connectivity index (χ1) is 10.3. The van der Waals surface area contributed by atoms with Gasteiger partial charge in [-0.1, -0.05) is 0 Å². The zero-order valence-electron chi connectivity index (χ0n) is 13.2. The summed E-state index contributed by atoms with van der Waals surface area (Å²) < 4.78 is 29.1. The third-order valence-corrected chi connectivity index (χ3v) is 5.92. The maximum Gasteiger partial charge on any atom is 0.308 e. The SMILES string of the molecule is COC(=O)C1CCN(C(=O)C2CCN(S(C)(=O)=O)CC2)CC1. The number of carbonyl (C=O) groups excluding carboxylic acids is 2. The predicted octanol–water partition coefficient (Wildman–Crippen LogP) is 0.0696. The van der Waals surface area contributed by atoms with Crippen LogP contribution in [0.15, 0.2) is 0 Å². The molecule has 0 saturated carbocycles. The van der Waals surface area contributed by atoms with E-state index in [4.69, 9.17) is 4.74 Å². The van der Waals surface area contributed by atoms with E-state index in [9.17, 15) is 18.0 Å². The van der Waals surface area contributed by atoms with Crippen molar-refractivity contribution in [2.45, 2.75) is 25.7 Å². The van der Waals surface area contributed by atoms with Crippen LogP contribution in [-0.2, 0) is 24.3 Å². The van der Waals surface area contributed by atoms with Crippen molar-refractivity contribution in [1.82, 2.24) is 9.21 Å². The zero-order chi connectivity index (χ0) is 16.3. The number of nitrogens with zero attached hydrogens (tertiary/aromatic N) is 2. The Bertz CT molecular complexity index is 517. The van der Waals surface area contributed by atoms with Gasteiger partial charge >= 0.3 is 5.97 Å². The topological polar surface area (TPSA) is 84.0 Å². The molecule has 8 heteroatoms. The molecule has 7 nitrogen and oxygen atoms in total. The number of rotatable bonds is 3. The normalized spacial score (nSPS) is 22.5. The molecule has 126 valence electrons.